The van der Waals surface area contributed by atoms with Crippen molar-refractivity contribution in [3.63, 3.8) is 0 Å². The number of hydrogen-bond acceptors (Lipinski definition) is 5. The molecule has 2 aliphatic rings. The summed E-state index contributed by atoms with van der Waals surface area (Å²) in [5.74, 6) is 1.29. The average molecular weight is 362 g/mol. The second kappa shape index (κ2) is 7.09. The monoisotopic (exact) mass is 362 g/mol. The molecule has 138 valence electrons. The van der Waals surface area contributed by atoms with E-state index in [0.29, 0.717) is 30.2 Å². The lowest BCUT2D eigenvalue weighted by molar-refractivity contribution is -0.0508. The van der Waals surface area contributed by atoms with Crippen LogP contribution in [0, 0.1) is 0 Å². The number of hydrogen-bond donors (Lipinski definition) is 1. The highest BCUT2D eigenvalue weighted by Gasteiger charge is 2.32. The number of likely N-dealkylation sites (tertiary alicyclic amines) is 1. The van der Waals surface area contributed by atoms with E-state index in [-0.39, 0.29) is 24.5 Å². The van der Waals surface area contributed by atoms with Gasteiger partial charge in [-0.05, 0) is 11.6 Å². The minimum Gasteiger partial charge on any atom is -0.454 e. The average Bonchev–Trinajstić information content (AvgIpc) is 3.21. The molecule has 0 unspecified atom stereocenters. The number of nitrogens with two attached hydrogens (primary N) is 1. The Balaban J connectivity index is 1.54. The molecule has 2 atom stereocenters. The Morgan fingerprint density at radius 1 is 1.12 bits per heavy atom. The predicted octanol–water partition coefficient (Wildman–Crippen LogP) is 2.94. The Labute approximate surface area is 150 Å². The molecule has 0 spiro atoms. The molecule has 0 aliphatic carbocycles. The van der Waals surface area contributed by atoms with Gasteiger partial charge in [-0.25, -0.2) is 0 Å². The molecule has 2 aromatic carbocycles. The molecule has 2 heterocycles. The largest absolute Gasteiger partial charge is 0.454 e. The topological polar surface area (TPSA) is 57.0 Å². The van der Waals surface area contributed by atoms with Crippen LogP contribution < -0.4 is 19.9 Å². The molecule has 0 bridgehead atoms. The summed E-state index contributed by atoms with van der Waals surface area (Å²) in [6.07, 6.45) is 0. The van der Waals surface area contributed by atoms with Gasteiger partial charge in [-0.1, -0.05) is 30.3 Å². The summed E-state index contributed by atoms with van der Waals surface area (Å²) in [7, 11) is 0. The van der Waals surface area contributed by atoms with Gasteiger partial charge < -0.3 is 19.9 Å². The molecule has 1 saturated heterocycles. The highest BCUT2D eigenvalue weighted by Crippen LogP contribution is 2.40. The Kier molecular flexibility index (Phi) is 4.65. The van der Waals surface area contributed by atoms with Gasteiger partial charge in [0.15, 0.2) is 11.5 Å². The fourth-order valence-electron chi connectivity index (χ4n) is 3.63. The third-order valence-electron chi connectivity index (χ3n) is 4.83. The summed E-state index contributed by atoms with van der Waals surface area (Å²) in [6, 6.07) is 13.3. The SMILES string of the molecule is N[C@@H]1CN(Cc2cc3c(cc2OC(F)F)OCO3)C[C@H]1c1ccccc1. The van der Waals surface area contributed by atoms with E-state index in [2.05, 4.69) is 17.0 Å². The van der Waals surface area contributed by atoms with Gasteiger partial charge in [0.1, 0.15) is 5.75 Å². The van der Waals surface area contributed by atoms with E-state index in [9.17, 15) is 8.78 Å². The first-order valence-electron chi connectivity index (χ1n) is 8.50. The van der Waals surface area contributed by atoms with Crippen molar-refractivity contribution >= 4 is 0 Å². The predicted molar refractivity (Wildman–Crippen MR) is 91.6 cm³/mol. The van der Waals surface area contributed by atoms with Gasteiger partial charge in [-0.15, -0.1) is 0 Å². The number of alkyl halides is 2. The second-order valence-electron chi connectivity index (χ2n) is 6.57. The Hall–Kier alpha value is -2.38. The number of fused-ring (bicyclic) bond motifs is 1. The Morgan fingerprint density at radius 3 is 2.58 bits per heavy atom. The molecule has 2 aromatic rings. The molecule has 5 nitrogen and oxygen atoms in total. The zero-order valence-corrected chi connectivity index (χ0v) is 14.1. The first-order chi connectivity index (χ1) is 12.6. The number of rotatable bonds is 5. The van der Waals surface area contributed by atoms with E-state index in [1.807, 2.05) is 18.2 Å². The molecule has 2 N–H and O–H groups in total. The molecule has 26 heavy (non-hydrogen) atoms. The highest BCUT2D eigenvalue weighted by molar-refractivity contribution is 5.52. The van der Waals surface area contributed by atoms with Crippen LogP contribution in [0.4, 0.5) is 8.78 Å². The van der Waals surface area contributed by atoms with Crippen LogP contribution in [0.1, 0.15) is 17.0 Å². The molecule has 4 rings (SSSR count). The van der Waals surface area contributed by atoms with Crippen molar-refractivity contribution in [2.75, 3.05) is 19.9 Å². The molecule has 0 saturated carbocycles. The number of benzene rings is 2. The van der Waals surface area contributed by atoms with Crippen LogP contribution in [0.5, 0.6) is 17.2 Å². The van der Waals surface area contributed by atoms with Crippen LogP contribution >= 0.6 is 0 Å². The van der Waals surface area contributed by atoms with Crippen molar-refractivity contribution in [1.82, 2.24) is 4.90 Å². The summed E-state index contributed by atoms with van der Waals surface area (Å²) < 4.78 is 40.9. The summed E-state index contributed by atoms with van der Waals surface area (Å²) in [5.41, 5.74) is 8.15. The van der Waals surface area contributed by atoms with Crippen LogP contribution in [0.25, 0.3) is 0 Å². The smallest absolute Gasteiger partial charge is 0.387 e. The van der Waals surface area contributed by atoms with Crippen molar-refractivity contribution in [2.24, 2.45) is 5.73 Å². The maximum atomic E-state index is 12.8. The van der Waals surface area contributed by atoms with E-state index in [0.717, 1.165) is 6.54 Å². The van der Waals surface area contributed by atoms with Gasteiger partial charge in [0.25, 0.3) is 0 Å². The molecule has 1 fully saturated rings. The van der Waals surface area contributed by atoms with Gasteiger partial charge >= 0.3 is 6.61 Å². The number of nitrogens with zero attached hydrogens (tertiary/aromatic N) is 1. The van der Waals surface area contributed by atoms with E-state index in [1.54, 1.807) is 6.07 Å². The van der Waals surface area contributed by atoms with E-state index >= 15 is 0 Å². The zero-order chi connectivity index (χ0) is 18.1. The second-order valence-corrected chi connectivity index (χ2v) is 6.57. The van der Waals surface area contributed by atoms with E-state index < -0.39 is 6.61 Å². The van der Waals surface area contributed by atoms with Crippen LogP contribution in [0.3, 0.4) is 0 Å². The molecular weight excluding hydrogens is 342 g/mol. The van der Waals surface area contributed by atoms with Gasteiger partial charge in [-0.2, -0.15) is 8.78 Å². The van der Waals surface area contributed by atoms with Crippen LogP contribution in [0.2, 0.25) is 0 Å². The summed E-state index contributed by atoms with van der Waals surface area (Å²) in [4.78, 5) is 2.15. The van der Waals surface area contributed by atoms with Crippen molar-refractivity contribution in [3.8, 4) is 17.2 Å². The van der Waals surface area contributed by atoms with E-state index in [1.165, 1.54) is 11.6 Å². The quantitative estimate of drug-likeness (QED) is 0.886. The van der Waals surface area contributed by atoms with Gasteiger partial charge in [-0.3, -0.25) is 4.90 Å². The lowest BCUT2D eigenvalue weighted by Crippen LogP contribution is -2.28. The normalized spacial score (nSPS) is 22.2. The third-order valence-corrected chi connectivity index (χ3v) is 4.83. The fourth-order valence-corrected chi connectivity index (χ4v) is 3.63. The Bertz CT molecular complexity index is 773. The minimum absolute atomic E-state index is 0.00845. The van der Waals surface area contributed by atoms with E-state index in [4.69, 9.17) is 19.9 Å². The molecule has 0 amide bonds. The molecule has 0 radical (unpaired) electrons. The molecule has 7 heteroatoms. The van der Waals surface area contributed by atoms with Crippen molar-refractivity contribution in [2.45, 2.75) is 25.1 Å². The third kappa shape index (κ3) is 3.45. The number of halogens is 2. The number of ether oxygens (including phenoxy) is 3. The lowest BCUT2D eigenvalue weighted by atomic mass is 9.95. The van der Waals surface area contributed by atoms with Crippen molar-refractivity contribution < 1.29 is 23.0 Å². The van der Waals surface area contributed by atoms with Crippen LogP contribution in [-0.4, -0.2) is 37.4 Å². The minimum atomic E-state index is -2.90. The summed E-state index contributed by atoms with van der Waals surface area (Å²) in [5, 5.41) is 0. The molecule has 2 aliphatic heterocycles. The summed E-state index contributed by atoms with van der Waals surface area (Å²) in [6.45, 7) is -0.921. The van der Waals surface area contributed by atoms with Crippen LogP contribution in [0.15, 0.2) is 42.5 Å². The zero-order valence-electron chi connectivity index (χ0n) is 14.1. The Morgan fingerprint density at radius 2 is 1.85 bits per heavy atom. The first-order valence-corrected chi connectivity index (χ1v) is 8.50. The standard InChI is InChI=1S/C19H20F2N2O3/c20-19(21)26-16-7-18-17(24-11-25-18)6-13(16)8-23-9-14(15(22)10-23)12-4-2-1-3-5-12/h1-7,14-15,19H,8-11,22H2/t14-,15+/m0/s1. The van der Waals surface area contributed by atoms with Crippen molar-refractivity contribution in [1.29, 1.82) is 0 Å². The maximum Gasteiger partial charge on any atom is 0.387 e. The fraction of sp³-hybridized carbons (Fsp3) is 0.368. The molecular formula is C19H20F2N2O3. The van der Waals surface area contributed by atoms with Crippen LogP contribution in [-0.2, 0) is 6.54 Å². The van der Waals surface area contributed by atoms with Gasteiger partial charge in [0.2, 0.25) is 6.79 Å². The lowest BCUT2D eigenvalue weighted by Gasteiger charge is -2.19. The maximum absolute atomic E-state index is 12.8. The first kappa shape index (κ1) is 17.1. The highest BCUT2D eigenvalue weighted by atomic mass is 19.3. The van der Waals surface area contributed by atoms with Gasteiger partial charge in [0, 0.05) is 43.2 Å². The molecule has 0 aromatic heterocycles. The summed E-state index contributed by atoms with van der Waals surface area (Å²) >= 11 is 0. The van der Waals surface area contributed by atoms with Crippen molar-refractivity contribution in [3.05, 3.63) is 53.6 Å². The van der Waals surface area contributed by atoms with Gasteiger partial charge in [0.05, 0.1) is 0 Å².